The van der Waals surface area contributed by atoms with Gasteiger partial charge >= 0.3 is 0 Å². The number of hydrogen-bond acceptors (Lipinski definition) is 0. The lowest BCUT2D eigenvalue weighted by Gasteiger charge is -2.19. The Morgan fingerprint density at radius 2 is 0.614 bits per heavy atom. The Morgan fingerprint density at radius 3 is 1.16 bits per heavy atom. The maximum Gasteiger partial charge on any atom is 0.0618 e. The zero-order valence-corrected chi connectivity index (χ0v) is 31.0. The monoisotopic (exact) mass is 725 g/mol. The van der Waals surface area contributed by atoms with Crippen molar-refractivity contribution >= 4 is 65.4 Å². The first-order chi connectivity index (χ1) is 28.3. The third-order valence-electron chi connectivity index (χ3n) is 11.8. The fraction of sp³-hybridized carbons (Fsp3) is 0. The minimum absolute atomic E-state index is 1.13. The van der Waals surface area contributed by atoms with Crippen LogP contribution in [0.3, 0.4) is 0 Å². The molecule has 266 valence electrons. The van der Waals surface area contributed by atoms with Gasteiger partial charge in [-0.25, -0.2) is 0 Å². The molecule has 3 aromatic heterocycles. The van der Waals surface area contributed by atoms with Crippen LogP contribution in [0.1, 0.15) is 0 Å². The zero-order valence-electron chi connectivity index (χ0n) is 31.0. The van der Waals surface area contributed by atoms with E-state index in [9.17, 15) is 0 Å². The van der Waals surface area contributed by atoms with Crippen LogP contribution < -0.4 is 0 Å². The number of fused-ring (bicyclic) bond motifs is 9. The molecule has 0 fully saturated rings. The van der Waals surface area contributed by atoms with E-state index in [1.54, 1.807) is 0 Å². The molecule has 0 saturated heterocycles. The van der Waals surface area contributed by atoms with Crippen molar-refractivity contribution in [3.8, 4) is 39.3 Å². The summed E-state index contributed by atoms with van der Waals surface area (Å²) in [6.45, 7) is 0. The maximum atomic E-state index is 2.49. The first-order valence-electron chi connectivity index (χ1n) is 19.6. The predicted molar refractivity (Wildman–Crippen MR) is 240 cm³/mol. The molecule has 0 radical (unpaired) electrons. The summed E-state index contributed by atoms with van der Waals surface area (Å²) in [5, 5.41) is 7.45. The van der Waals surface area contributed by atoms with Gasteiger partial charge in [0.15, 0.2) is 0 Å². The average Bonchev–Trinajstić information content (AvgIpc) is 3.92. The summed E-state index contributed by atoms with van der Waals surface area (Å²) in [6.07, 6.45) is 0. The second kappa shape index (κ2) is 12.5. The summed E-state index contributed by atoms with van der Waals surface area (Å²) >= 11 is 0. The fourth-order valence-electron chi connectivity index (χ4n) is 9.40. The maximum absolute atomic E-state index is 2.49. The standard InChI is InChI=1S/C54H35N3/c1-3-16-36(17-4-1)40-24-15-25-41(37-18-5-2-6-19-37)54(40)57-51-29-14-10-23-45(51)47-34-38(31-33-52(47)57)56-50-28-13-9-22-44(50)46-32-30-39(35-53(46)56)55-48-26-11-7-20-42(48)43-21-8-12-27-49(43)55/h1-35H. The third kappa shape index (κ3) is 4.73. The van der Waals surface area contributed by atoms with Crippen molar-refractivity contribution in [2.75, 3.05) is 0 Å². The number of rotatable bonds is 5. The topological polar surface area (TPSA) is 14.8 Å². The first kappa shape index (κ1) is 31.7. The highest BCUT2D eigenvalue weighted by Gasteiger charge is 2.22. The van der Waals surface area contributed by atoms with E-state index in [4.69, 9.17) is 0 Å². The molecular formula is C54H35N3. The van der Waals surface area contributed by atoms with Gasteiger partial charge in [0.2, 0.25) is 0 Å². The first-order valence-corrected chi connectivity index (χ1v) is 19.6. The highest BCUT2D eigenvalue weighted by Crippen LogP contribution is 2.43. The Kier molecular flexibility index (Phi) is 6.93. The van der Waals surface area contributed by atoms with E-state index in [-0.39, 0.29) is 0 Å². The minimum atomic E-state index is 1.13. The molecule has 0 atom stereocenters. The van der Waals surface area contributed by atoms with Crippen LogP contribution in [0.25, 0.3) is 105 Å². The average molecular weight is 726 g/mol. The summed E-state index contributed by atoms with van der Waals surface area (Å²) in [5.74, 6) is 0. The van der Waals surface area contributed by atoms with E-state index in [2.05, 4.69) is 226 Å². The van der Waals surface area contributed by atoms with Crippen molar-refractivity contribution in [1.82, 2.24) is 13.7 Å². The Labute approximate surface area is 329 Å². The minimum Gasteiger partial charge on any atom is -0.309 e. The van der Waals surface area contributed by atoms with Gasteiger partial charge in [-0.05, 0) is 65.7 Å². The van der Waals surface area contributed by atoms with Crippen LogP contribution in [0, 0.1) is 0 Å². The van der Waals surface area contributed by atoms with Gasteiger partial charge in [-0.1, -0.05) is 158 Å². The molecule has 0 aliphatic carbocycles. The number of aromatic nitrogens is 3. The predicted octanol–water partition coefficient (Wildman–Crippen LogP) is 14.3. The van der Waals surface area contributed by atoms with Crippen molar-refractivity contribution in [2.45, 2.75) is 0 Å². The number of nitrogens with zero attached hydrogens (tertiary/aromatic N) is 3. The molecule has 3 heteroatoms. The van der Waals surface area contributed by atoms with E-state index in [0.29, 0.717) is 0 Å². The molecule has 0 aliphatic rings. The number of para-hydroxylation sites is 5. The molecule has 12 rings (SSSR count). The van der Waals surface area contributed by atoms with Crippen LogP contribution in [0.15, 0.2) is 212 Å². The third-order valence-corrected chi connectivity index (χ3v) is 11.8. The molecule has 0 spiro atoms. The van der Waals surface area contributed by atoms with Crippen LogP contribution in [0.5, 0.6) is 0 Å². The van der Waals surface area contributed by atoms with Crippen molar-refractivity contribution < 1.29 is 0 Å². The van der Waals surface area contributed by atoms with E-state index in [1.807, 2.05) is 0 Å². The van der Waals surface area contributed by atoms with E-state index in [0.717, 1.165) is 11.4 Å². The SMILES string of the molecule is c1ccc(-c2cccc(-c3ccccc3)c2-n2c3ccccc3c3cc(-n4c5ccccc5c5ccc(-n6c7ccccc7c7ccccc76)cc54)ccc32)cc1. The van der Waals surface area contributed by atoms with Gasteiger partial charge < -0.3 is 13.7 Å². The second-order valence-corrected chi connectivity index (χ2v) is 14.9. The van der Waals surface area contributed by atoms with E-state index in [1.165, 1.54) is 93.4 Å². The molecule has 12 aromatic rings. The summed E-state index contributed by atoms with van der Waals surface area (Å²) in [4.78, 5) is 0. The molecule has 57 heavy (non-hydrogen) atoms. The lowest BCUT2D eigenvalue weighted by molar-refractivity contribution is 1.15. The summed E-state index contributed by atoms with van der Waals surface area (Å²) < 4.78 is 7.36. The van der Waals surface area contributed by atoms with Gasteiger partial charge in [0, 0.05) is 54.8 Å². The molecule has 0 amide bonds. The van der Waals surface area contributed by atoms with Crippen LogP contribution in [0.2, 0.25) is 0 Å². The Balaban J connectivity index is 1.14. The fourth-order valence-corrected chi connectivity index (χ4v) is 9.40. The highest BCUT2D eigenvalue weighted by atomic mass is 15.0. The number of hydrogen-bond donors (Lipinski definition) is 0. The normalized spacial score (nSPS) is 11.9. The Morgan fingerprint density at radius 1 is 0.228 bits per heavy atom. The molecule has 3 heterocycles. The van der Waals surface area contributed by atoms with Gasteiger partial charge in [0.1, 0.15) is 0 Å². The largest absolute Gasteiger partial charge is 0.309 e. The van der Waals surface area contributed by atoms with Crippen LogP contribution in [0.4, 0.5) is 0 Å². The Hall–Kier alpha value is -7.62. The molecule has 3 nitrogen and oxygen atoms in total. The summed E-state index contributed by atoms with van der Waals surface area (Å²) in [6, 6.07) is 77.5. The molecule has 9 aromatic carbocycles. The van der Waals surface area contributed by atoms with Crippen molar-refractivity contribution in [1.29, 1.82) is 0 Å². The Bertz CT molecular complexity index is 3400. The molecule has 0 aliphatic heterocycles. The lowest BCUT2D eigenvalue weighted by atomic mass is 9.95. The summed E-state index contributed by atoms with van der Waals surface area (Å²) in [5.41, 5.74) is 15.4. The van der Waals surface area contributed by atoms with Gasteiger partial charge in [0.25, 0.3) is 0 Å². The van der Waals surface area contributed by atoms with Crippen molar-refractivity contribution in [3.63, 3.8) is 0 Å². The van der Waals surface area contributed by atoms with Crippen LogP contribution >= 0.6 is 0 Å². The van der Waals surface area contributed by atoms with Crippen molar-refractivity contribution in [3.05, 3.63) is 212 Å². The lowest BCUT2D eigenvalue weighted by Crippen LogP contribution is -2.01. The smallest absolute Gasteiger partial charge is 0.0618 e. The van der Waals surface area contributed by atoms with E-state index < -0.39 is 0 Å². The van der Waals surface area contributed by atoms with E-state index >= 15 is 0 Å². The van der Waals surface area contributed by atoms with Crippen LogP contribution in [-0.2, 0) is 0 Å². The zero-order chi connectivity index (χ0) is 37.5. The number of benzene rings is 9. The molecule has 0 N–H and O–H groups in total. The van der Waals surface area contributed by atoms with Gasteiger partial charge in [-0.3, -0.25) is 0 Å². The summed E-state index contributed by atoms with van der Waals surface area (Å²) in [7, 11) is 0. The second-order valence-electron chi connectivity index (χ2n) is 14.9. The molecular weight excluding hydrogens is 691 g/mol. The quantitative estimate of drug-likeness (QED) is 0.168. The molecule has 0 saturated carbocycles. The van der Waals surface area contributed by atoms with Crippen LogP contribution in [-0.4, -0.2) is 13.7 Å². The molecule has 0 bridgehead atoms. The van der Waals surface area contributed by atoms with Gasteiger partial charge in [-0.15, -0.1) is 0 Å². The van der Waals surface area contributed by atoms with Crippen molar-refractivity contribution in [2.24, 2.45) is 0 Å². The van der Waals surface area contributed by atoms with Gasteiger partial charge in [-0.2, -0.15) is 0 Å². The molecule has 0 unspecified atom stereocenters. The highest BCUT2D eigenvalue weighted by molar-refractivity contribution is 6.14. The van der Waals surface area contributed by atoms with Gasteiger partial charge in [0.05, 0.1) is 38.8 Å².